The molecular weight excluding hydrogens is 378 g/mol. The number of aliphatic hydroxyl groups is 1. The molecule has 1 aromatic heterocycles. The summed E-state index contributed by atoms with van der Waals surface area (Å²) in [6, 6.07) is 2.96. The Bertz CT molecular complexity index is 719. The van der Waals surface area contributed by atoms with Crippen LogP contribution in [0.1, 0.15) is 37.2 Å². The van der Waals surface area contributed by atoms with E-state index in [1.807, 2.05) is 11.8 Å². The molecule has 0 bridgehead atoms. The second kappa shape index (κ2) is 8.96. The van der Waals surface area contributed by atoms with Gasteiger partial charge < -0.3 is 24.1 Å². The summed E-state index contributed by atoms with van der Waals surface area (Å²) < 4.78 is 10.1. The van der Waals surface area contributed by atoms with Crippen LogP contribution < -0.4 is 0 Å². The second-order valence-corrected chi connectivity index (χ2v) is 7.56. The number of hydrogen-bond acceptors (Lipinski definition) is 7. The molecule has 1 atom stereocenters. The molecule has 0 radical (unpaired) electrons. The minimum atomic E-state index is -1.47. The van der Waals surface area contributed by atoms with E-state index in [0.717, 1.165) is 0 Å². The highest BCUT2D eigenvalue weighted by molar-refractivity contribution is 5.91. The number of carbonyl (C=O) groups excluding carboxylic acids is 3. The average molecular weight is 407 g/mol. The molecule has 160 valence electrons. The lowest BCUT2D eigenvalue weighted by Crippen LogP contribution is -2.58. The van der Waals surface area contributed by atoms with Crippen molar-refractivity contribution in [1.82, 2.24) is 14.7 Å². The zero-order valence-electron chi connectivity index (χ0n) is 17.0. The van der Waals surface area contributed by atoms with Crippen LogP contribution in [0.15, 0.2) is 22.8 Å². The topological polar surface area (TPSA) is 104 Å². The van der Waals surface area contributed by atoms with Gasteiger partial charge in [-0.15, -0.1) is 0 Å². The fourth-order valence-corrected chi connectivity index (χ4v) is 3.86. The van der Waals surface area contributed by atoms with Crippen molar-refractivity contribution in [3.63, 3.8) is 0 Å². The molecule has 2 aliphatic rings. The third-order valence-electron chi connectivity index (χ3n) is 5.80. The van der Waals surface area contributed by atoms with Gasteiger partial charge in [-0.25, -0.2) is 4.79 Å². The van der Waals surface area contributed by atoms with Crippen LogP contribution in [0.25, 0.3) is 0 Å². The molecule has 9 heteroatoms. The van der Waals surface area contributed by atoms with Crippen LogP contribution in [0, 0.1) is 0 Å². The largest absolute Gasteiger partial charge is 0.464 e. The lowest BCUT2D eigenvalue weighted by molar-refractivity contribution is -0.171. The van der Waals surface area contributed by atoms with Crippen LogP contribution in [-0.2, 0) is 14.3 Å². The van der Waals surface area contributed by atoms with E-state index in [9.17, 15) is 19.5 Å². The molecule has 3 heterocycles. The van der Waals surface area contributed by atoms with Gasteiger partial charge in [0.25, 0.3) is 5.91 Å². The maximum absolute atomic E-state index is 12.9. The summed E-state index contributed by atoms with van der Waals surface area (Å²) in [4.78, 5) is 42.6. The molecule has 0 spiro atoms. The Morgan fingerprint density at radius 3 is 2.31 bits per heavy atom. The quantitative estimate of drug-likeness (QED) is 0.702. The second-order valence-electron chi connectivity index (χ2n) is 7.56. The van der Waals surface area contributed by atoms with E-state index in [1.54, 1.807) is 28.9 Å². The number of nitrogens with zero attached hydrogens (tertiary/aromatic N) is 3. The minimum Gasteiger partial charge on any atom is -0.464 e. The van der Waals surface area contributed by atoms with Crippen LogP contribution >= 0.6 is 0 Å². The van der Waals surface area contributed by atoms with E-state index in [-0.39, 0.29) is 37.3 Å². The van der Waals surface area contributed by atoms with Crippen LogP contribution in [-0.4, -0.2) is 95.1 Å². The van der Waals surface area contributed by atoms with Crippen molar-refractivity contribution in [2.24, 2.45) is 0 Å². The Morgan fingerprint density at radius 2 is 1.76 bits per heavy atom. The normalized spacial score (nSPS) is 20.9. The summed E-state index contributed by atoms with van der Waals surface area (Å²) in [5.41, 5.74) is -1.47. The van der Waals surface area contributed by atoms with Gasteiger partial charge in [-0.2, -0.15) is 0 Å². The molecule has 2 amide bonds. The fourth-order valence-electron chi connectivity index (χ4n) is 3.86. The summed E-state index contributed by atoms with van der Waals surface area (Å²) >= 11 is 0. The Labute approximate surface area is 170 Å². The number of hydrogen-bond donors (Lipinski definition) is 1. The highest BCUT2D eigenvalue weighted by Crippen LogP contribution is 2.25. The summed E-state index contributed by atoms with van der Waals surface area (Å²) in [5.74, 6) is -0.447. The number of rotatable bonds is 5. The predicted octanol–water partition coefficient (Wildman–Crippen LogP) is 0.343. The summed E-state index contributed by atoms with van der Waals surface area (Å²) in [6.07, 6.45) is 1.96. The summed E-state index contributed by atoms with van der Waals surface area (Å²) in [5, 5.41) is 10.5. The fraction of sp³-hybridized carbons (Fsp3) is 0.650. The molecule has 0 aliphatic carbocycles. The van der Waals surface area contributed by atoms with Gasteiger partial charge in [-0.05, 0) is 38.8 Å². The van der Waals surface area contributed by atoms with Gasteiger partial charge >= 0.3 is 5.97 Å². The van der Waals surface area contributed by atoms with Gasteiger partial charge in [0.2, 0.25) is 5.91 Å². The molecule has 9 nitrogen and oxygen atoms in total. The van der Waals surface area contributed by atoms with E-state index in [1.165, 1.54) is 6.26 Å². The molecule has 0 saturated carbocycles. The Balaban J connectivity index is 1.49. The number of likely N-dealkylation sites (tertiary alicyclic amines) is 1. The van der Waals surface area contributed by atoms with E-state index < -0.39 is 11.6 Å². The molecule has 2 aliphatic heterocycles. The van der Waals surface area contributed by atoms with E-state index in [4.69, 9.17) is 9.15 Å². The molecule has 2 fully saturated rings. The first-order valence-electron chi connectivity index (χ1n) is 10.1. The average Bonchev–Trinajstić information content (AvgIpc) is 3.28. The zero-order chi connectivity index (χ0) is 21.0. The Morgan fingerprint density at radius 1 is 1.14 bits per heavy atom. The third kappa shape index (κ3) is 4.62. The number of furan rings is 1. The van der Waals surface area contributed by atoms with Gasteiger partial charge in [0.1, 0.15) is 0 Å². The maximum atomic E-state index is 12.9. The van der Waals surface area contributed by atoms with Gasteiger partial charge in [0.15, 0.2) is 11.4 Å². The number of piperidine rings is 1. The van der Waals surface area contributed by atoms with E-state index in [0.29, 0.717) is 45.0 Å². The molecule has 1 N–H and O–H groups in total. The number of piperazine rings is 1. The smallest absolute Gasteiger partial charge is 0.338 e. The number of amides is 2. The van der Waals surface area contributed by atoms with Crippen LogP contribution in [0.3, 0.4) is 0 Å². The molecule has 1 unspecified atom stereocenters. The first-order valence-corrected chi connectivity index (χ1v) is 10.1. The van der Waals surface area contributed by atoms with Crippen molar-refractivity contribution in [1.29, 1.82) is 0 Å². The van der Waals surface area contributed by atoms with Crippen molar-refractivity contribution >= 4 is 17.8 Å². The highest BCUT2D eigenvalue weighted by atomic mass is 16.5. The van der Waals surface area contributed by atoms with E-state index in [2.05, 4.69) is 0 Å². The van der Waals surface area contributed by atoms with Crippen molar-refractivity contribution in [2.75, 3.05) is 45.9 Å². The molecule has 29 heavy (non-hydrogen) atoms. The van der Waals surface area contributed by atoms with Gasteiger partial charge in [-0.3, -0.25) is 14.5 Å². The predicted molar refractivity (Wildman–Crippen MR) is 103 cm³/mol. The molecule has 3 rings (SSSR count). The highest BCUT2D eigenvalue weighted by Gasteiger charge is 2.42. The van der Waals surface area contributed by atoms with E-state index >= 15 is 0 Å². The SMILES string of the molecule is CCOC(=O)C1(O)CCN(C(C)C(=O)N2CCN(C(=O)c3ccco3)CC2)CC1. The number of esters is 1. The Kier molecular flexibility index (Phi) is 6.59. The molecule has 1 aromatic rings. The van der Waals surface area contributed by atoms with Crippen molar-refractivity contribution in [2.45, 2.75) is 38.3 Å². The van der Waals surface area contributed by atoms with Gasteiger partial charge in [0, 0.05) is 39.3 Å². The third-order valence-corrected chi connectivity index (χ3v) is 5.80. The zero-order valence-corrected chi connectivity index (χ0v) is 17.0. The minimum absolute atomic E-state index is 0.00308. The number of ether oxygens (including phenoxy) is 1. The van der Waals surface area contributed by atoms with Gasteiger partial charge in [-0.1, -0.05) is 0 Å². The number of carbonyl (C=O) groups is 3. The first kappa shape index (κ1) is 21.3. The van der Waals surface area contributed by atoms with Crippen LogP contribution in [0.4, 0.5) is 0 Å². The molecular formula is C20H29N3O6. The van der Waals surface area contributed by atoms with Crippen molar-refractivity contribution in [3.8, 4) is 0 Å². The van der Waals surface area contributed by atoms with Crippen LogP contribution in [0.5, 0.6) is 0 Å². The Hall–Kier alpha value is -2.39. The molecule has 2 saturated heterocycles. The first-order chi connectivity index (χ1) is 13.9. The lowest BCUT2D eigenvalue weighted by atomic mass is 9.90. The molecule has 0 aromatic carbocycles. The standard InChI is InChI=1S/C20H29N3O6/c1-3-28-19(26)20(27)6-8-21(9-7-20)15(2)17(24)22-10-12-23(13-11-22)18(25)16-5-4-14-29-16/h4-5,14-15,27H,3,6-13H2,1-2H3. The summed E-state index contributed by atoms with van der Waals surface area (Å²) in [6.45, 7) is 6.52. The van der Waals surface area contributed by atoms with Crippen LogP contribution in [0.2, 0.25) is 0 Å². The maximum Gasteiger partial charge on any atom is 0.338 e. The van der Waals surface area contributed by atoms with Crippen molar-refractivity contribution in [3.05, 3.63) is 24.2 Å². The van der Waals surface area contributed by atoms with Gasteiger partial charge in [0.05, 0.1) is 18.9 Å². The van der Waals surface area contributed by atoms with Crippen molar-refractivity contribution < 1.29 is 28.6 Å². The lowest BCUT2D eigenvalue weighted by Gasteiger charge is -2.41. The monoisotopic (exact) mass is 407 g/mol. The summed E-state index contributed by atoms with van der Waals surface area (Å²) in [7, 11) is 0.